The normalized spacial score (nSPS) is 26.2. The van der Waals surface area contributed by atoms with Gasteiger partial charge in [0.25, 0.3) is 0 Å². The molecule has 6 nitrogen and oxygen atoms in total. The molecule has 2 heterocycles. The number of ether oxygens (including phenoxy) is 2. The van der Waals surface area contributed by atoms with Crippen molar-refractivity contribution in [1.82, 2.24) is 10.2 Å². The van der Waals surface area contributed by atoms with Gasteiger partial charge in [-0.3, -0.25) is 4.90 Å². The number of morpholine rings is 1. The Morgan fingerprint density at radius 1 is 1.38 bits per heavy atom. The number of aliphatic hydroxyl groups excluding tert-OH is 1. The van der Waals surface area contributed by atoms with Gasteiger partial charge in [-0.25, -0.2) is 0 Å². The highest BCUT2D eigenvalue weighted by atomic mass is 16.5. The summed E-state index contributed by atoms with van der Waals surface area (Å²) < 4.78 is 11.3. The molecule has 2 N–H and O–H groups in total. The lowest BCUT2D eigenvalue weighted by atomic mass is 9.86. The Kier molecular flexibility index (Phi) is 5.07. The molecule has 2 atom stereocenters. The largest absolute Gasteiger partial charge is 0.485 e. The highest BCUT2D eigenvalue weighted by Gasteiger charge is 2.42. The van der Waals surface area contributed by atoms with E-state index in [1.165, 1.54) is 0 Å². The molecule has 1 saturated heterocycles. The summed E-state index contributed by atoms with van der Waals surface area (Å²) in [5.74, 6) is 0.730. The zero-order valence-electron chi connectivity index (χ0n) is 14.3. The fourth-order valence-corrected chi connectivity index (χ4v) is 3.29. The van der Waals surface area contributed by atoms with Crippen LogP contribution in [-0.2, 0) is 4.74 Å². The molecule has 130 valence electrons. The molecule has 0 bridgehead atoms. The summed E-state index contributed by atoms with van der Waals surface area (Å²) in [5, 5.41) is 23.3. The van der Waals surface area contributed by atoms with Gasteiger partial charge in [0.15, 0.2) is 0 Å². The molecule has 1 fully saturated rings. The molecule has 0 saturated carbocycles. The Balaban J connectivity index is 1.73. The van der Waals surface area contributed by atoms with E-state index in [-0.39, 0.29) is 6.04 Å². The van der Waals surface area contributed by atoms with Crippen molar-refractivity contribution >= 4 is 0 Å². The van der Waals surface area contributed by atoms with E-state index in [2.05, 4.69) is 16.3 Å². The number of nitrogens with zero attached hydrogens (tertiary/aromatic N) is 2. The van der Waals surface area contributed by atoms with Crippen LogP contribution < -0.4 is 10.1 Å². The first-order chi connectivity index (χ1) is 11.5. The van der Waals surface area contributed by atoms with Crippen LogP contribution in [0.15, 0.2) is 18.2 Å². The summed E-state index contributed by atoms with van der Waals surface area (Å²) in [7, 11) is 0. The molecule has 24 heavy (non-hydrogen) atoms. The summed E-state index contributed by atoms with van der Waals surface area (Å²) in [6, 6.07) is 7.27. The Bertz CT molecular complexity index is 620. The predicted molar refractivity (Wildman–Crippen MR) is 89.9 cm³/mol. The van der Waals surface area contributed by atoms with E-state index in [1.54, 1.807) is 12.1 Å². The van der Waals surface area contributed by atoms with Crippen molar-refractivity contribution in [3.05, 3.63) is 29.3 Å². The van der Waals surface area contributed by atoms with Crippen LogP contribution in [0.1, 0.15) is 31.0 Å². The van der Waals surface area contributed by atoms with Gasteiger partial charge in [-0.2, -0.15) is 5.26 Å². The first kappa shape index (κ1) is 17.2. The number of nitrogens with one attached hydrogen (secondary N) is 1. The Hall–Kier alpha value is -1.65. The second kappa shape index (κ2) is 7.08. The average Bonchev–Trinajstić information content (AvgIpc) is 2.58. The van der Waals surface area contributed by atoms with Crippen LogP contribution in [0, 0.1) is 11.3 Å². The molecule has 1 aromatic carbocycles. The van der Waals surface area contributed by atoms with Crippen LogP contribution in [0.3, 0.4) is 0 Å². The first-order valence-corrected chi connectivity index (χ1v) is 8.46. The monoisotopic (exact) mass is 331 g/mol. The zero-order chi connectivity index (χ0) is 17.2. The molecule has 0 aliphatic carbocycles. The number of nitriles is 1. The molecule has 0 amide bonds. The SMILES string of the molecule is CC1(C)Oc2ccc(C#N)cc2[C@H](NCCN2CCOCC2)[C@H]1O. The second-order valence-electron chi connectivity index (χ2n) is 6.90. The van der Waals surface area contributed by atoms with E-state index in [9.17, 15) is 5.11 Å². The van der Waals surface area contributed by atoms with Crippen molar-refractivity contribution in [2.24, 2.45) is 0 Å². The Morgan fingerprint density at radius 3 is 2.83 bits per heavy atom. The fraction of sp³-hybridized carbons (Fsp3) is 0.611. The average molecular weight is 331 g/mol. The van der Waals surface area contributed by atoms with E-state index in [0.29, 0.717) is 5.56 Å². The molecule has 2 aliphatic heterocycles. The van der Waals surface area contributed by atoms with Crippen molar-refractivity contribution in [2.75, 3.05) is 39.4 Å². The Labute approximate surface area is 143 Å². The third-order valence-corrected chi connectivity index (χ3v) is 4.77. The molecule has 3 rings (SSSR count). The van der Waals surface area contributed by atoms with Crippen LogP contribution in [0.5, 0.6) is 5.75 Å². The maximum atomic E-state index is 10.7. The van der Waals surface area contributed by atoms with E-state index in [0.717, 1.165) is 50.7 Å². The third kappa shape index (κ3) is 3.55. The molecule has 2 aliphatic rings. The number of benzene rings is 1. The van der Waals surface area contributed by atoms with E-state index in [4.69, 9.17) is 14.7 Å². The van der Waals surface area contributed by atoms with Gasteiger partial charge < -0.3 is 19.9 Å². The number of hydrogen-bond donors (Lipinski definition) is 2. The molecule has 1 aromatic rings. The molecular formula is C18H25N3O3. The number of rotatable bonds is 4. The molecule has 0 unspecified atom stereocenters. The van der Waals surface area contributed by atoms with Crippen molar-refractivity contribution in [3.8, 4) is 11.8 Å². The zero-order valence-corrected chi connectivity index (χ0v) is 14.3. The Morgan fingerprint density at radius 2 is 2.12 bits per heavy atom. The van der Waals surface area contributed by atoms with Gasteiger partial charge in [0.1, 0.15) is 17.5 Å². The van der Waals surface area contributed by atoms with Gasteiger partial charge in [-0.05, 0) is 32.0 Å². The summed E-state index contributed by atoms with van der Waals surface area (Å²) in [5.41, 5.74) is 0.740. The molecule has 0 aromatic heterocycles. The predicted octanol–water partition coefficient (Wildman–Crippen LogP) is 1.05. The van der Waals surface area contributed by atoms with Crippen LogP contribution in [0.4, 0.5) is 0 Å². The molecule has 0 spiro atoms. The van der Waals surface area contributed by atoms with Gasteiger partial charge in [-0.1, -0.05) is 0 Å². The molecule has 6 heteroatoms. The van der Waals surface area contributed by atoms with Crippen molar-refractivity contribution in [3.63, 3.8) is 0 Å². The summed E-state index contributed by atoms with van der Waals surface area (Å²) in [6.45, 7) is 8.88. The minimum atomic E-state index is -0.691. The van der Waals surface area contributed by atoms with Gasteiger partial charge in [0.2, 0.25) is 0 Å². The lowest BCUT2D eigenvalue weighted by molar-refractivity contribution is -0.0650. The minimum absolute atomic E-state index is 0.252. The summed E-state index contributed by atoms with van der Waals surface area (Å²) in [6.07, 6.45) is -0.691. The fourth-order valence-electron chi connectivity index (χ4n) is 3.29. The molecule has 0 radical (unpaired) electrons. The maximum absolute atomic E-state index is 10.7. The van der Waals surface area contributed by atoms with Gasteiger partial charge in [0.05, 0.1) is 30.9 Å². The molecular weight excluding hydrogens is 306 g/mol. The van der Waals surface area contributed by atoms with Crippen LogP contribution >= 0.6 is 0 Å². The number of fused-ring (bicyclic) bond motifs is 1. The second-order valence-corrected chi connectivity index (χ2v) is 6.90. The highest BCUT2D eigenvalue weighted by Crippen LogP contribution is 2.40. The van der Waals surface area contributed by atoms with Crippen molar-refractivity contribution in [2.45, 2.75) is 31.6 Å². The van der Waals surface area contributed by atoms with Crippen molar-refractivity contribution < 1.29 is 14.6 Å². The van der Waals surface area contributed by atoms with Crippen LogP contribution in [-0.4, -0.2) is 61.1 Å². The lowest BCUT2D eigenvalue weighted by Gasteiger charge is -2.42. The quantitative estimate of drug-likeness (QED) is 0.859. The summed E-state index contributed by atoms with van der Waals surface area (Å²) in [4.78, 5) is 2.35. The number of aliphatic hydroxyl groups is 1. The van der Waals surface area contributed by atoms with Gasteiger partial charge in [-0.15, -0.1) is 0 Å². The van der Waals surface area contributed by atoms with Gasteiger partial charge >= 0.3 is 0 Å². The van der Waals surface area contributed by atoms with E-state index >= 15 is 0 Å². The van der Waals surface area contributed by atoms with E-state index < -0.39 is 11.7 Å². The van der Waals surface area contributed by atoms with Crippen LogP contribution in [0.25, 0.3) is 0 Å². The minimum Gasteiger partial charge on any atom is -0.485 e. The smallest absolute Gasteiger partial charge is 0.131 e. The first-order valence-electron chi connectivity index (χ1n) is 8.46. The maximum Gasteiger partial charge on any atom is 0.131 e. The number of hydrogen-bond acceptors (Lipinski definition) is 6. The highest BCUT2D eigenvalue weighted by molar-refractivity contribution is 5.46. The standard InChI is InChI=1S/C18H25N3O3/c1-18(2)17(22)16(20-5-6-21-7-9-23-10-8-21)14-11-13(12-19)3-4-15(14)24-18/h3-4,11,16-17,20,22H,5-10H2,1-2H3/t16-,17+/m0/s1. The van der Waals surface area contributed by atoms with Crippen LogP contribution in [0.2, 0.25) is 0 Å². The van der Waals surface area contributed by atoms with E-state index in [1.807, 2.05) is 19.9 Å². The van der Waals surface area contributed by atoms with Gasteiger partial charge in [0, 0.05) is 31.7 Å². The third-order valence-electron chi connectivity index (χ3n) is 4.77. The summed E-state index contributed by atoms with van der Waals surface area (Å²) >= 11 is 0. The topological polar surface area (TPSA) is 77.8 Å². The lowest BCUT2D eigenvalue weighted by Crippen LogP contribution is -2.53. The van der Waals surface area contributed by atoms with Crippen molar-refractivity contribution in [1.29, 1.82) is 5.26 Å².